The summed E-state index contributed by atoms with van der Waals surface area (Å²) < 4.78 is 30.3. The minimum Gasteiger partial charge on any atom is -0.239 e. The number of benzene rings is 1. The normalized spacial score (nSPS) is 29.9. The van der Waals surface area contributed by atoms with Crippen molar-refractivity contribution in [2.75, 3.05) is 0 Å². The molecule has 0 spiro atoms. The van der Waals surface area contributed by atoms with E-state index >= 15 is 0 Å². The van der Waals surface area contributed by atoms with Crippen molar-refractivity contribution in [3.8, 4) is 0 Å². The minimum absolute atomic E-state index is 0.0611. The largest absolute Gasteiger partial charge is 0.239 e. The molecule has 1 aliphatic rings. The van der Waals surface area contributed by atoms with Crippen molar-refractivity contribution in [1.29, 1.82) is 0 Å². The van der Waals surface area contributed by atoms with Crippen molar-refractivity contribution in [2.45, 2.75) is 51.0 Å². The molecule has 1 N–H and O–H groups in total. The van der Waals surface area contributed by atoms with Crippen molar-refractivity contribution >= 4 is 25.8 Å². The average molecular weight is 317 g/mol. The van der Waals surface area contributed by atoms with E-state index in [4.69, 9.17) is 0 Å². The lowest BCUT2D eigenvalue weighted by atomic mass is 9.69. The molecule has 1 saturated carbocycles. The molecule has 0 bridgehead atoms. The third kappa shape index (κ3) is 3.77. The Kier molecular flexibility index (Phi) is 4.52. The van der Waals surface area contributed by atoms with Crippen LogP contribution in [0.1, 0.15) is 43.7 Å². The molecule has 112 valence electrons. The fourth-order valence-electron chi connectivity index (χ4n) is 2.99. The molecule has 1 aromatic rings. The predicted octanol–water partition coefficient (Wildman–Crippen LogP) is 3.77. The number of aryl methyl sites for hydroxylation is 1. The third-order valence-corrected chi connectivity index (χ3v) is 5.18. The van der Waals surface area contributed by atoms with Crippen LogP contribution in [-0.4, -0.2) is 11.9 Å². The number of hydrogen-bond acceptors (Lipinski definition) is 1. The van der Waals surface area contributed by atoms with Crippen LogP contribution >= 0.6 is 0 Å². The lowest BCUT2D eigenvalue weighted by Crippen LogP contribution is -2.39. The molecule has 1 aromatic carbocycles. The van der Waals surface area contributed by atoms with Crippen molar-refractivity contribution in [2.24, 2.45) is 0 Å². The quantitative estimate of drug-likeness (QED) is 0.673. The lowest BCUT2D eigenvalue weighted by molar-refractivity contribution is 0.276. The number of hydrogen-bond donors (Lipinski definition) is 1. The van der Waals surface area contributed by atoms with Crippen molar-refractivity contribution < 1.29 is 8.28 Å². The molecule has 20 heavy (non-hydrogen) atoms. The van der Waals surface area contributed by atoms with Crippen LogP contribution in [0, 0.1) is 12.7 Å². The summed E-state index contributed by atoms with van der Waals surface area (Å²) in [6.45, 7) is 4.06. The molecule has 0 aliphatic heterocycles. The molecule has 0 saturated heterocycles. The fraction of sp³-hybridized carbons (Fsp3) is 0.533. The highest BCUT2D eigenvalue weighted by Gasteiger charge is 2.34. The molecule has 0 amide bonds. The Hall–Kier alpha value is -0.520. The topological polar surface area (TPSA) is 12.0 Å². The highest BCUT2D eigenvalue weighted by atomic mass is 32.9. The highest BCUT2D eigenvalue weighted by molar-refractivity contribution is 8.34. The second-order valence-electron chi connectivity index (χ2n) is 6.03. The van der Waals surface area contributed by atoms with Crippen LogP contribution in [0.3, 0.4) is 0 Å². The highest BCUT2D eigenvalue weighted by Crippen LogP contribution is 2.40. The van der Waals surface area contributed by atoms with Gasteiger partial charge in [0.15, 0.2) is 0 Å². The van der Waals surface area contributed by atoms with Crippen LogP contribution < -0.4 is 4.72 Å². The number of halogens is 2. The molecule has 5 heteroatoms. The Balaban J connectivity index is 2.13. The number of nitrogens with one attached hydrogen (secondary N) is 1. The third-order valence-electron chi connectivity index (χ3n) is 4.20. The molecule has 1 atom stereocenters. The zero-order valence-corrected chi connectivity index (χ0v) is 13.6. The second kappa shape index (κ2) is 5.70. The van der Waals surface area contributed by atoms with E-state index in [0.29, 0.717) is 0 Å². The summed E-state index contributed by atoms with van der Waals surface area (Å²) in [5.41, 5.74) is 1.67. The summed E-state index contributed by atoms with van der Waals surface area (Å²) in [5.74, 6) is 3.20. The van der Waals surface area contributed by atoms with E-state index in [2.05, 4.69) is 28.7 Å². The maximum Gasteiger partial charge on any atom is 0.126 e. The lowest BCUT2D eigenvalue weighted by Gasteiger charge is -2.38. The van der Waals surface area contributed by atoms with E-state index in [-0.39, 0.29) is 17.3 Å². The molecule has 2 rings (SSSR count). The Morgan fingerprint density at radius 2 is 2.00 bits per heavy atom. The van der Waals surface area contributed by atoms with Gasteiger partial charge in [-0.2, -0.15) is 3.89 Å². The van der Waals surface area contributed by atoms with E-state index in [1.807, 2.05) is 13.0 Å². The molecule has 1 fully saturated rings. The van der Waals surface area contributed by atoms with Gasteiger partial charge in [0.05, 0.1) is 8.75 Å². The van der Waals surface area contributed by atoms with Gasteiger partial charge in [-0.25, -0.2) is 9.11 Å². The molecule has 0 heterocycles. The van der Waals surface area contributed by atoms with Crippen LogP contribution in [0.15, 0.2) is 18.2 Å². The Labute approximate surface area is 125 Å². The van der Waals surface area contributed by atoms with Gasteiger partial charge in [-0.1, -0.05) is 24.6 Å². The van der Waals surface area contributed by atoms with E-state index in [9.17, 15) is 8.28 Å². The summed E-state index contributed by atoms with van der Waals surface area (Å²) in [4.78, 5) is 0. The molecule has 1 aliphatic carbocycles. The van der Waals surface area contributed by atoms with Gasteiger partial charge >= 0.3 is 0 Å². The molecule has 1 nitrogen and oxygen atoms in total. The van der Waals surface area contributed by atoms with E-state index < -0.39 is 8.75 Å². The van der Waals surface area contributed by atoms with Gasteiger partial charge < -0.3 is 0 Å². The predicted molar refractivity (Wildman–Crippen MR) is 86.8 cm³/mol. The SMILES string of the molecule is C=S(F)(=S)NC1CCC(C)(c2cc(C)ccc2F)CC1. The van der Waals surface area contributed by atoms with Crippen molar-refractivity contribution in [3.05, 3.63) is 35.1 Å². The van der Waals surface area contributed by atoms with E-state index in [0.717, 1.165) is 36.8 Å². The van der Waals surface area contributed by atoms with Crippen LogP contribution in [0.2, 0.25) is 0 Å². The maximum atomic E-state index is 14.1. The van der Waals surface area contributed by atoms with Crippen LogP contribution in [-0.2, 0) is 25.4 Å². The minimum atomic E-state index is -2.83. The first-order valence-corrected chi connectivity index (χ1v) is 9.43. The molecular weight excluding hydrogens is 296 g/mol. The first-order valence-electron chi connectivity index (χ1n) is 6.80. The summed E-state index contributed by atoms with van der Waals surface area (Å²) in [5, 5.41) is 0. The summed E-state index contributed by atoms with van der Waals surface area (Å²) in [6.07, 6.45) is 3.26. The monoisotopic (exact) mass is 317 g/mol. The first kappa shape index (κ1) is 15.9. The maximum absolute atomic E-state index is 14.1. The standard InChI is InChI=1S/C15H21F2NS2/c1-11-4-5-14(16)13(10-11)15(2)8-6-12(7-9-15)18-20(3,17)19/h4-5,10,12H,3,6-9H2,1-2H3,(H,18,19). The van der Waals surface area contributed by atoms with Gasteiger partial charge in [0.25, 0.3) is 0 Å². The molecule has 0 aromatic heterocycles. The summed E-state index contributed by atoms with van der Waals surface area (Å²) >= 11 is 4.69. The Bertz CT molecular complexity index is 588. The Morgan fingerprint density at radius 3 is 2.55 bits per heavy atom. The zero-order chi connectivity index (χ0) is 15.0. The van der Waals surface area contributed by atoms with Gasteiger partial charge in [0, 0.05) is 6.04 Å². The molecule has 1 unspecified atom stereocenters. The summed E-state index contributed by atoms with van der Waals surface area (Å²) in [7, 11) is -2.83. The smallest absolute Gasteiger partial charge is 0.126 e. The van der Waals surface area contributed by atoms with Gasteiger partial charge in [0.1, 0.15) is 5.82 Å². The van der Waals surface area contributed by atoms with E-state index in [1.54, 1.807) is 6.07 Å². The van der Waals surface area contributed by atoms with Crippen molar-refractivity contribution in [3.63, 3.8) is 0 Å². The first-order chi connectivity index (χ1) is 9.20. The van der Waals surface area contributed by atoms with Gasteiger partial charge in [0.2, 0.25) is 0 Å². The average Bonchev–Trinajstić information content (AvgIpc) is 2.34. The van der Waals surface area contributed by atoms with Crippen LogP contribution in [0.4, 0.5) is 8.28 Å². The van der Waals surface area contributed by atoms with Crippen LogP contribution in [0.5, 0.6) is 0 Å². The van der Waals surface area contributed by atoms with Gasteiger partial charge in [-0.05, 0) is 66.7 Å². The van der Waals surface area contributed by atoms with Crippen LogP contribution in [0.25, 0.3) is 0 Å². The second-order valence-corrected chi connectivity index (χ2v) is 9.04. The molecule has 0 radical (unpaired) electrons. The Morgan fingerprint density at radius 1 is 1.40 bits per heavy atom. The fourth-order valence-corrected chi connectivity index (χ4v) is 4.13. The van der Waals surface area contributed by atoms with E-state index in [1.165, 1.54) is 6.07 Å². The van der Waals surface area contributed by atoms with Gasteiger partial charge in [-0.3, -0.25) is 0 Å². The summed E-state index contributed by atoms with van der Waals surface area (Å²) in [6, 6.07) is 5.32. The van der Waals surface area contributed by atoms with Crippen molar-refractivity contribution in [1.82, 2.24) is 4.72 Å². The number of rotatable bonds is 3. The zero-order valence-electron chi connectivity index (χ0n) is 11.9. The molecular formula is C15H21F2NS2. The van der Waals surface area contributed by atoms with Gasteiger partial charge in [-0.15, -0.1) is 0 Å².